The van der Waals surface area contributed by atoms with Gasteiger partial charge in [-0.15, -0.1) is 0 Å². The third-order valence-corrected chi connectivity index (χ3v) is 8.59. The van der Waals surface area contributed by atoms with Gasteiger partial charge in [0.1, 0.15) is 29.2 Å². The lowest BCUT2D eigenvalue weighted by molar-refractivity contribution is -0.132. The van der Waals surface area contributed by atoms with Crippen molar-refractivity contribution in [1.82, 2.24) is 41.6 Å². The van der Waals surface area contributed by atoms with Crippen molar-refractivity contribution in [2.75, 3.05) is 13.1 Å². The smallest absolute Gasteiger partial charge is 0.254 e. The summed E-state index contributed by atoms with van der Waals surface area (Å²) in [6, 6.07) is 18.6. The zero-order valence-corrected chi connectivity index (χ0v) is 28.6. The summed E-state index contributed by atoms with van der Waals surface area (Å²) in [6.45, 7) is 6.50. The van der Waals surface area contributed by atoms with E-state index in [1.54, 1.807) is 54.3 Å². The molecule has 2 aliphatic heterocycles. The van der Waals surface area contributed by atoms with Gasteiger partial charge in [0.25, 0.3) is 11.8 Å². The minimum absolute atomic E-state index is 0.0574. The maximum Gasteiger partial charge on any atom is 0.254 e. The fourth-order valence-electron chi connectivity index (χ4n) is 5.84. The molecule has 5 N–H and O–H groups in total. The van der Waals surface area contributed by atoms with Crippen LogP contribution in [0.3, 0.4) is 0 Å². The number of aromatic amines is 1. The first kappa shape index (κ1) is 35.7. The Kier molecular flexibility index (Phi) is 11.9. The van der Waals surface area contributed by atoms with Crippen molar-refractivity contribution in [3.63, 3.8) is 0 Å². The fourth-order valence-corrected chi connectivity index (χ4v) is 5.84. The zero-order chi connectivity index (χ0) is 35.6. The molecule has 0 fully saturated rings. The van der Waals surface area contributed by atoms with E-state index in [0.29, 0.717) is 54.5 Å². The van der Waals surface area contributed by atoms with Crippen molar-refractivity contribution in [2.24, 2.45) is 5.92 Å². The van der Waals surface area contributed by atoms with Gasteiger partial charge in [-0.1, -0.05) is 56.3 Å². The SMILES string of the molecule is CC(C)C[C@@H]1NC(=O)[C@@H](Cc2ccccc2)NC(=O)c2ccc(cc2)CN(C(=O)c2ccc3n[nH]nc3c2)CCCCNC(=O)[C@@H](C)NC1=O. The number of benzene rings is 3. The highest BCUT2D eigenvalue weighted by Crippen LogP contribution is 2.17. The Balaban J connectivity index is 1.41. The quantitative estimate of drug-likeness (QED) is 0.201. The highest BCUT2D eigenvalue weighted by Gasteiger charge is 2.29. The molecule has 50 heavy (non-hydrogen) atoms. The first-order valence-electron chi connectivity index (χ1n) is 17.0. The van der Waals surface area contributed by atoms with E-state index in [4.69, 9.17) is 0 Å². The molecule has 0 aliphatic carbocycles. The van der Waals surface area contributed by atoms with E-state index < -0.39 is 35.8 Å². The summed E-state index contributed by atoms with van der Waals surface area (Å²) in [5.41, 5.74) is 3.67. The van der Waals surface area contributed by atoms with Gasteiger partial charge in [0.15, 0.2) is 0 Å². The minimum Gasteiger partial charge on any atom is -0.354 e. The number of carbonyl (C=O) groups is 5. The van der Waals surface area contributed by atoms with E-state index in [2.05, 4.69) is 36.7 Å². The predicted octanol–water partition coefficient (Wildman–Crippen LogP) is 2.89. The van der Waals surface area contributed by atoms with Crippen LogP contribution in [0.4, 0.5) is 0 Å². The molecule has 2 aliphatic rings. The summed E-state index contributed by atoms with van der Waals surface area (Å²) in [5.74, 6) is -1.95. The molecule has 2 bridgehead atoms. The maximum atomic E-state index is 13.8. The Bertz CT molecular complexity index is 1810. The van der Waals surface area contributed by atoms with Crippen molar-refractivity contribution < 1.29 is 24.0 Å². The number of nitrogens with one attached hydrogen (secondary N) is 5. The molecule has 0 unspecified atom stereocenters. The van der Waals surface area contributed by atoms with Gasteiger partial charge in [-0.3, -0.25) is 24.0 Å². The molecular formula is C37H44N8O5. The van der Waals surface area contributed by atoms with Crippen LogP contribution in [0.5, 0.6) is 0 Å². The zero-order valence-electron chi connectivity index (χ0n) is 28.6. The van der Waals surface area contributed by atoms with Crippen LogP contribution >= 0.6 is 0 Å². The van der Waals surface area contributed by atoms with E-state index in [-0.39, 0.29) is 30.7 Å². The van der Waals surface area contributed by atoms with E-state index in [9.17, 15) is 24.0 Å². The van der Waals surface area contributed by atoms with Gasteiger partial charge in [0, 0.05) is 37.2 Å². The molecule has 5 amide bonds. The highest BCUT2D eigenvalue weighted by atomic mass is 16.2. The van der Waals surface area contributed by atoms with Crippen LogP contribution in [0.1, 0.15) is 71.9 Å². The Labute approximate surface area is 291 Å². The molecule has 3 heterocycles. The van der Waals surface area contributed by atoms with Crippen LogP contribution in [-0.4, -0.2) is 81.1 Å². The lowest BCUT2D eigenvalue weighted by Crippen LogP contribution is -2.57. The second-order valence-electron chi connectivity index (χ2n) is 13.1. The van der Waals surface area contributed by atoms with Crippen LogP contribution in [-0.2, 0) is 27.3 Å². The topological polar surface area (TPSA) is 178 Å². The molecule has 4 aromatic rings. The summed E-state index contributed by atoms with van der Waals surface area (Å²) < 4.78 is 0. The molecule has 0 saturated carbocycles. The molecule has 3 atom stereocenters. The molecule has 0 spiro atoms. The fraction of sp³-hybridized carbons (Fsp3) is 0.378. The van der Waals surface area contributed by atoms with Crippen LogP contribution in [0.15, 0.2) is 72.8 Å². The van der Waals surface area contributed by atoms with Crippen molar-refractivity contribution in [3.05, 3.63) is 95.1 Å². The van der Waals surface area contributed by atoms with Gasteiger partial charge in [-0.05, 0) is 73.6 Å². The largest absolute Gasteiger partial charge is 0.354 e. The Morgan fingerprint density at radius 1 is 0.820 bits per heavy atom. The molecule has 0 saturated heterocycles. The maximum absolute atomic E-state index is 13.8. The second-order valence-corrected chi connectivity index (χ2v) is 13.1. The van der Waals surface area contributed by atoms with Crippen molar-refractivity contribution >= 4 is 40.6 Å². The molecular weight excluding hydrogens is 636 g/mol. The van der Waals surface area contributed by atoms with Crippen LogP contribution in [0.2, 0.25) is 0 Å². The van der Waals surface area contributed by atoms with Crippen molar-refractivity contribution in [2.45, 2.75) is 71.1 Å². The molecule has 6 rings (SSSR count). The monoisotopic (exact) mass is 680 g/mol. The number of hydrogen-bond donors (Lipinski definition) is 5. The molecule has 13 nitrogen and oxygen atoms in total. The average molecular weight is 681 g/mol. The minimum atomic E-state index is -0.989. The summed E-state index contributed by atoms with van der Waals surface area (Å²) >= 11 is 0. The normalized spacial score (nSPS) is 20.1. The van der Waals surface area contributed by atoms with Gasteiger partial charge in [0.05, 0.1) is 0 Å². The van der Waals surface area contributed by atoms with Gasteiger partial charge < -0.3 is 26.2 Å². The standard InChI is InChI=1S/C37H44N8O5/c1-23(2)19-31-35(48)39-24(3)33(46)38-17-7-8-18-45(37(50)28-15-16-29-30(21-28)43-44-42-29)22-26-11-13-27(14-12-26)34(47)40-32(36(49)41-31)20-25-9-5-4-6-10-25/h4-6,9-16,21,23-24,31-32H,7-8,17-20,22H2,1-3H3,(H,38,46)(H,39,48)(H,40,47)(H,41,49)(H,42,43,44)/t24-,31+,32-/m1/s1. The number of carbonyl (C=O) groups excluding carboxylic acids is 5. The Hall–Kier alpha value is -5.59. The van der Waals surface area contributed by atoms with Gasteiger partial charge >= 0.3 is 0 Å². The van der Waals surface area contributed by atoms with Gasteiger partial charge in [0.2, 0.25) is 17.7 Å². The third kappa shape index (κ3) is 9.52. The van der Waals surface area contributed by atoms with Gasteiger partial charge in [-0.25, -0.2) is 0 Å². The molecule has 262 valence electrons. The molecule has 13 heteroatoms. The van der Waals surface area contributed by atoms with E-state index in [0.717, 1.165) is 11.1 Å². The average Bonchev–Trinajstić information content (AvgIpc) is 3.58. The number of H-pyrrole nitrogens is 1. The summed E-state index contributed by atoms with van der Waals surface area (Å²) in [5, 5.41) is 22.0. The van der Waals surface area contributed by atoms with E-state index in [1.165, 1.54) is 0 Å². The predicted molar refractivity (Wildman–Crippen MR) is 188 cm³/mol. The number of hydrogen-bond acceptors (Lipinski definition) is 7. The summed E-state index contributed by atoms with van der Waals surface area (Å²) in [6.07, 6.45) is 1.72. The Morgan fingerprint density at radius 2 is 1.54 bits per heavy atom. The summed E-state index contributed by atoms with van der Waals surface area (Å²) in [7, 11) is 0. The van der Waals surface area contributed by atoms with E-state index >= 15 is 0 Å². The van der Waals surface area contributed by atoms with Crippen molar-refractivity contribution in [3.8, 4) is 0 Å². The van der Waals surface area contributed by atoms with Crippen LogP contribution in [0, 0.1) is 5.92 Å². The second kappa shape index (κ2) is 16.7. The highest BCUT2D eigenvalue weighted by molar-refractivity contribution is 5.99. The number of rotatable bonds is 5. The number of aromatic nitrogens is 3. The van der Waals surface area contributed by atoms with Gasteiger partial charge in [-0.2, -0.15) is 15.4 Å². The van der Waals surface area contributed by atoms with Crippen LogP contribution < -0.4 is 21.3 Å². The Morgan fingerprint density at radius 3 is 2.28 bits per heavy atom. The molecule has 1 aromatic heterocycles. The summed E-state index contributed by atoms with van der Waals surface area (Å²) in [4.78, 5) is 69.1. The lowest BCUT2D eigenvalue weighted by atomic mass is 10.0. The number of nitrogens with zero attached hydrogens (tertiary/aromatic N) is 3. The third-order valence-electron chi connectivity index (χ3n) is 8.59. The van der Waals surface area contributed by atoms with Crippen LogP contribution in [0.25, 0.3) is 11.0 Å². The first-order chi connectivity index (χ1) is 24.1. The lowest BCUT2D eigenvalue weighted by Gasteiger charge is -2.25. The molecule has 0 radical (unpaired) electrons. The first-order valence-corrected chi connectivity index (χ1v) is 17.0. The molecule has 3 aromatic carbocycles. The number of fused-ring (bicyclic) bond motifs is 19. The van der Waals surface area contributed by atoms with E-state index in [1.807, 2.05) is 44.2 Å². The van der Waals surface area contributed by atoms with Crippen molar-refractivity contribution in [1.29, 1.82) is 0 Å². The number of amides is 5.